The summed E-state index contributed by atoms with van der Waals surface area (Å²) in [6.45, 7) is 14.1. The van der Waals surface area contributed by atoms with Crippen molar-refractivity contribution in [2.45, 2.75) is 77.7 Å². The van der Waals surface area contributed by atoms with Crippen molar-refractivity contribution in [3.8, 4) is 0 Å². The van der Waals surface area contributed by atoms with Gasteiger partial charge in [-0.05, 0) is 58.1 Å². The lowest BCUT2D eigenvalue weighted by molar-refractivity contribution is -0.176. The summed E-state index contributed by atoms with van der Waals surface area (Å²) in [7, 11) is 1.48. The monoisotopic (exact) mass is 443 g/mol. The first-order chi connectivity index (χ1) is 14.9. The first-order valence-corrected chi connectivity index (χ1v) is 11.3. The molecular formula is C25H37N3O4. The number of anilines is 1. The topological polar surface area (TPSA) is 84.2 Å². The number of ether oxygens (including phenoxy) is 2. The van der Waals surface area contributed by atoms with Crippen LogP contribution in [0.15, 0.2) is 29.4 Å². The van der Waals surface area contributed by atoms with E-state index in [0.29, 0.717) is 5.41 Å². The lowest BCUT2D eigenvalue weighted by Crippen LogP contribution is -2.53. The molecule has 176 valence electrons. The number of nitrogens with zero attached hydrogens (tertiary/aromatic N) is 3. The fourth-order valence-corrected chi connectivity index (χ4v) is 4.20. The van der Waals surface area contributed by atoms with Crippen LogP contribution in [0.2, 0.25) is 0 Å². The average molecular weight is 444 g/mol. The van der Waals surface area contributed by atoms with Gasteiger partial charge in [-0.2, -0.15) is 0 Å². The van der Waals surface area contributed by atoms with Crippen molar-refractivity contribution in [1.82, 2.24) is 4.98 Å². The molecule has 0 radical (unpaired) electrons. The van der Waals surface area contributed by atoms with Crippen LogP contribution in [0, 0.1) is 12.3 Å². The Kier molecular flexibility index (Phi) is 6.82. The Hall–Kier alpha value is -2.25. The van der Waals surface area contributed by atoms with Gasteiger partial charge in [0, 0.05) is 49.6 Å². The van der Waals surface area contributed by atoms with E-state index in [1.165, 1.54) is 7.11 Å². The number of carboxylic acid groups (broad SMARTS) is 1. The molecule has 2 aliphatic rings. The van der Waals surface area contributed by atoms with Gasteiger partial charge >= 0.3 is 5.97 Å². The Labute approximate surface area is 191 Å². The van der Waals surface area contributed by atoms with Crippen LogP contribution >= 0.6 is 0 Å². The number of hydrogen-bond acceptors (Lipinski definition) is 6. The molecule has 1 saturated heterocycles. The van der Waals surface area contributed by atoms with Crippen LogP contribution in [0.5, 0.6) is 0 Å². The second-order valence-corrected chi connectivity index (χ2v) is 10.6. The van der Waals surface area contributed by atoms with E-state index in [1.807, 2.05) is 40.0 Å². The number of piperidine rings is 1. The van der Waals surface area contributed by atoms with Crippen molar-refractivity contribution in [3.05, 3.63) is 35.7 Å². The van der Waals surface area contributed by atoms with Crippen LogP contribution in [0.3, 0.4) is 0 Å². The molecule has 1 fully saturated rings. The second-order valence-electron chi connectivity index (χ2n) is 10.6. The zero-order valence-corrected chi connectivity index (χ0v) is 20.4. The van der Waals surface area contributed by atoms with Gasteiger partial charge in [0.2, 0.25) is 0 Å². The summed E-state index contributed by atoms with van der Waals surface area (Å²) in [5, 5.41) is 9.84. The summed E-state index contributed by atoms with van der Waals surface area (Å²) < 4.78 is 11.5. The van der Waals surface area contributed by atoms with Crippen LogP contribution < -0.4 is 4.90 Å². The Morgan fingerprint density at radius 3 is 2.44 bits per heavy atom. The number of aliphatic carboxylic acids is 1. The third-order valence-electron chi connectivity index (χ3n) is 6.26. The van der Waals surface area contributed by atoms with E-state index in [0.717, 1.165) is 42.9 Å². The summed E-state index contributed by atoms with van der Waals surface area (Å²) in [5.74, 6) is -1.09. The predicted molar refractivity (Wildman–Crippen MR) is 127 cm³/mol. The number of aryl methyl sites for hydroxylation is 1. The predicted octanol–water partition coefficient (Wildman–Crippen LogP) is 4.35. The third kappa shape index (κ3) is 5.38. The Morgan fingerprint density at radius 1 is 1.28 bits per heavy atom. The van der Waals surface area contributed by atoms with Crippen molar-refractivity contribution in [2.75, 3.05) is 25.1 Å². The van der Waals surface area contributed by atoms with Crippen molar-refractivity contribution in [1.29, 1.82) is 0 Å². The van der Waals surface area contributed by atoms with E-state index in [2.05, 4.69) is 29.8 Å². The number of pyridine rings is 1. The molecule has 0 aromatic carbocycles. The molecule has 3 atom stereocenters. The molecule has 0 bridgehead atoms. The molecule has 0 spiro atoms. The first kappa shape index (κ1) is 24.4. The molecule has 7 nitrogen and oxygen atoms in total. The standard InChI is InChI=1S/C25H37N3O4/c1-17-14-20(28-12-10-24(5,6)11-13-28)18(15-26-17)19-8-9-25(31-7,16-27-19)21(22(29)30)32-23(2,3)4/h8-9,14-16,19,21H,10-13H2,1-7H3,(H,29,30)/t19?,21-,25?/m1/s1. The van der Waals surface area contributed by atoms with E-state index in [9.17, 15) is 9.90 Å². The van der Waals surface area contributed by atoms with E-state index >= 15 is 0 Å². The highest BCUT2D eigenvalue weighted by Gasteiger charge is 2.45. The quantitative estimate of drug-likeness (QED) is 0.658. The van der Waals surface area contributed by atoms with Crippen molar-refractivity contribution in [2.24, 2.45) is 10.4 Å². The Morgan fingerprint density at radius 2 is 1.94 bits per heavy atom. The molecule has 3 heterocycles. The molecule has 2 aliphatic heterocycles. The summed E-state index contributed by atoms with van der Waals surface area (Å²) in [6, 6.07) is 1.86. The van der Waals surface area contributed by atoms with Crippen LogP contribution in [0.25, 0.3) is 0 Å². The van der Waals surface area contributed by atoms with E-state index in [1.54, 1.807) is 12.3 Å². The van der Waals surface area contributed by atoms with Gasteiger partial charge in [0.05, 0.1) is 11.6 Å². The van der Waals surface area contributed by atoms with Crippen molar-refractivity contribution >= 4 is 17.9 Å². The molecule has 2 unspecified atom stereocenters. The number of aliphatic imine (C=N–C) groups is 1. The van der Waals surface area contributed by atoms with Gasteiger partial charge in [-0.3, -0.25) is 9.98 Å². The maximum absolute atomic E-state index is 12.0. The first-order valence-electron chi connectivity index (χ1n) is 11.3. The van der Waals surface area contributed by atoms with Gasteiger partial charge in [-0.25, -0.2) is 4.79 Å². The SMILES string of the molecule is COC1([C@H](OC(C)(C)C)C(=O)O)C=CC(c2cnc(C)cc2N2CCC(C)(C)CC2)N=C1. The normalized spacial score (nSPS) is 26.2. The van der Waals surface area contributed by atoms with Gasteiger partial charge in [0.1, 0.15) is 0 Å². The molecule has 1 aromatic rings. The van der Waals surface area contributed by atoms with Gasteiger partial charge < -0.3 is 19.5 Å². The van der Waals surface area contributed by atoms with Crippen molar-refractivity contribution < 1.29 is 19.4 Å². The van der Waals surface area contributed by atoms with Crippen LogP contribution in [0.1, 0.15) is 64.8 Å². The average Bonchev–Trinajstić information content (AvgIpc) is 2.71. The number of dihydropyridines is 1. The molecule has 3 rings (SSSR count). The molecule has 0 saturated carbocycles. The maximum atomic E-state index is 12.0. The minimum Gasteiger partial charge on any atom is -0.479 e. The molecule has 32 heavy (non-hydrogen) atoms. The highest BCUT2D eigenvalue weighted by Crippen LogP contribution is 2.38. The van der Waals surface area contributed by atoms with Gasteiger partial charge in [-0.1, -0.05) is 19.9 Å². The second kappa shape index (κ2) is 8.94. The Balaban J connectivity index is 1.90. The van der Waals surface area contributed by atoms with E-state index in [-0.39, 0.29) is 6.04 Å². The van der Waals surface area contributed by atoms with Gasteiger partial charge in [-0.15, -0.1) is 0 Å². The van der Waals surface area contributed by atoms with Crippen LogP contribution in [-0.4, -0.2) is 59.8 Å². The fourth-order valence-electron chi connectivity index (χ4n) is 4.20. The zero-order valence-electron chi connectivity index (χ0n) is 20.4. The van der Waals surface area contributed by atoms with E-state index < -0.39 is 23.3 Å². The van der Waals surface area contributed by atoms with Gasteiger partial charge in [0.25, 0.3) is 0 Å². The largest absolute Gasteiger partial charge is 0.479 e. The van der Waals surface area contributed by atoms with Crippen LogP contribution in [-0.2, 0) is 14.3 Å². The number of methoxy groups -OCH3 is 1. The number of hydrogen-bond donors (Lipinski definition) is 1. The minimum atomic E-state index is -1.27. The molecule has 7 heteroatoms. The lowest BCUT2D eigenvalue weighted by Gasteiger charge is -2.40. The molecular weight excluding hydrogens is 406 g/mol. The lowest BCUT2D eigenvalue weighted by atomic mass is 9.82. The Bertz CT molecular complexity index is 877. The zero-order chi connectivity index (χ0) is 23.7. The maximum Gasteiger partial charge on any atom is 0.336 e. The molecule has 0 amide bonds. The summed E-state index contributed by atoms with van der Waals surface area (Å²) in [6.07, 6.45) is 8.17. The highest BCUT2D eigenvalue weighted by molar-refractivity contribution is 5.86. The molecule has 0 aliphatic carbocycles. The van der Waals surface area contributed by atoms with Crippen LogP contribution in [0.4, 0.5) is 5.69 Å². The summed E-state index contributed by atoms with van der Waals surface area (Å²) in [4.78, 5) is 23.7. The highest BCUT2D eigenvalue weighted by atomic mass is 16.6. The van der Waals surface area contributed by atoms with Crippen molar-refractivity contribution in [3.63, 3.8) is 0 Å². The van der Waals surface area contributed by atoms with E-state index in [4.69, 9.17) is 14.5 Å². The number of carboxylic acids is 1. The van der Waals surface area contributed by atoms with Gasteiger partial charge in [0.15, 0.2) is 11.7 Å². The number of carbonyl (C=O) groups is 1. The fraction of sp³-hybridized carbons (Fsp3) is 0.640. The molecule has 1 aromatic heterocycles. The third-order valence-corrected chi connectivity index (χ3v) is 6.26. The number of aromatic nitrogens is 1. The molecule has 1 N–H and O–H groups in total. The smallest absolute Gasteiger partial charge is 0.336 e. The number of rotatable bonds is 6. The summed E-state index contributed by atoms with van der Waals surface area (Å²) in [5.41, 5.74) is 1.56. The minimum absolute atomic E-state index is 0.264. The summed E-state index contributed by atoms with van der Waals surface area (Å²) >= 11 is 0.